The summed E-state index contributed by atoms with van der Waals surface area (Å²) in [5.74, 6) is 0.477. The maximum Gasteiger partial charge on any atom is 0.255 e. The summed E-state index contributed by atoms with van der Waals surface area (Å²) >= 11 is 0. The molecule has 0 atom stereocenters. The summed E-state index contributed by atoms with van der Waals surface area (Å²) < 4.78 is 15.3. The second-order valence-corrected chi connectivity index (χ2v) is 6.93. The summed E-state index contributed by atoms with van der Waals surface area (Å²) in [4.78, 5) is 19.6. The van der Waals surface area contributed by atoms with Crippen molar-refractivity contribution in [3.63, 3.8) is 0 Å². The molecule has 4 aromatic rings. The van der Waals surface area contributed by atoms with Gasteiger partial charge in [-0.05, 0) is 42.5 Å². The number of halogens is 1. The van der Waals surface area contributed by atoms with E-state index in [2.05, 4.69) is 4.98 Å². The van der Waals surface area contributed by atoms with Gasteiger partial charge in [-0.2, -0.15) is 0 Å². The second-order valence-electron chi connectivity index (χ2n) is 6.93. The number of likely N-dealkylation sites (tertiary alicyclic amines) is 1. The molecular weight excluding hydrogens is 341 g/mol. The fourth-order valence-electron chi connectivity index (χ4n) is 3.90. The van der Waals surface area contributed by atoms with Crippen LogP contribution in [-0.4, -0.2) is 33.3 Å². The molecule has 4 nitrogen and oxygen atoms in total. The number of hydrogen-bond acceptors (Lipinski definition) is 2. The number of hydrogen-bond donors (Lipinski definition) is 0. The third-order valence-corrected chi connectivity index (χ3v) is 5.27. The van der Waals surface area contributed by atoms with Crippen LogP contribution in [0, 0.1) is 5.82 Å². The second kappa shape index (κ2) is 6.20. The largest absolute Gasteiger partial charge is 0.339 e. The van der Waals surface area contributed by atoms with Crippen molar-refractivity contribution in [2.45, 2.75) is 12.8 Å². The molecule has 0 spiro atoms. The van der Waals surface area contributed by atoms with E-state index in [9.17, 15) is 9.18 Å². The van der Waals surface area contributed by atoms with Crippen LogP contribution in [0.3, 0.4) is 0 Å². The lowest BCUT2D eigenvalue weighted by atomic mass is 10.1. The fraction of sp³-hybridized carbons (Fsp3) is 0.182. The highest BCUT2D eigenvalue weighted by atomic mass is 19.1. The van der Waals surface area contributed by atoms with Gasteiger partial charge in [0.15, 0.2) is 0 Å². The van der Waals surface area contributed by atoms with E-state index >= 15 is 0 Å². The van der Waals surface area contributed by atoms with Crippen molar-refractivity contribution in [1.29, 1.82) is 0 Å². The molecule has 134 valence electrons. The van der Waals surface area contributed by atoms with Crippen molar-refractivity contribution in [3.05, 3.63) is 72.3 Å². The van der Waals surface area contributed by atoms with E-state index < -0.39 is 0 Å². The Labute approximate surface area is 155 Å². The minimum Gasteiger partial charge on any atom is -0.339 e. The van der Waals surface area contributed by atoms with E-state index in [0.717, 1.165) is 47.8 Å². The van der Waals surface area contributed by atoms with Gasteiger partial charge in [0.25, 0.3) is 5.91 Å². The Morgan fingerprint density at radius 2 is 1.67 bits per heavy atom. The number of carbonyl (C=O) groups excluding carboxylic acids is 1. The normalized spacial score (nSPS) is 14.3. The number of rotatable bonds is 2. The fourth-order valence-corrected chi connectivity index (χ4v) is 3.90. The molecule has 0 saturated carbocycles. The Balaban J connectivity index is 1.76. The molecule has 1 aliphatic rings. The van der Waals surface area contributed by atoms with Crippen LogP contribution >= 0.6 is 0 Å². The van der Waals surface area contributed by atoms with Gasteiger partial charge in [0.2, 0.25) is 0 Å². The highest BCUT2D eigenvalue weighted by Crippen LogP contribution is 2.29. The molecule has 3 heterocycles. The van der Waals surface area contributed by atoms with Crippen molar-refractivity contribution < 1.29 is 9.18 Å². The minimum atomic E-state index is -0.282. The number of amides is 1. The maximum absolute atomic E-state index is 13.3. The van der Waals surface area contributed by atoms with Gasteiger partial charge in [0.05, 0.1) is 17.3 Å². The molecule has 2 aromatic carbocycles. The summed E-state index contributed by atoms with van der Waals surface area (Å²) in [5.41, 5.74) is 2.43. The van der Waals surface area contributed by atoms with Crippen LogP contribution in [0.25, 0.3) is 27.7 Å². The molecule has 0 aliphatic carbocycles. The van der Waals surface area contributed by atoms with Gasteiger partial charge in [-0.25, -0.2) is 9.37 Å². The predicted octanol–water partition coefficient (Wildman–Crippen LogP) is 4.53. The van der Waals surface area contributed by atoms with Crippen molar-refractivity contribution >= 4 is 22.2 Å². The zero-order chi connectivity index (χ0) is 18.4. The molecule has 0 unspecified atom stereocenters. The molecular formula is C22H18FN3O. The number of imidazole rings is 1. The van der Waals surface area contributed by atoms with E-state index in [1.54, 1.807) is 12.1 Å². The number of fused-ring (bicyclic) bond motifs is 3. The lowest BCUT2D eigenvalue weighted by molar-refractivity contribution is 0.0794. The Morgan fingerprint density at radius 1 is 0.963 bits per heavy atom. The molecule has 5 rings (SSSR count). The maximum atomic E-state index is 13.3. The summed E-state index contributed by atoms with van der Waals surface area (Å²) in [7, 11) is 0. The van der Waals surface area contributed by atoms with E-state index in [0.29, 0.717) is 11.4 Å². The van der Waals surface area contributed by atoms with Crippen LogP contribution in [0.2, 0.25) is 0 Å². The quantitative estimate of drug-likeness (QED) is 0.527. The average molecular weight is 359 g/mol. The van der Waals surface area contributed by atoms with Crippen molar-refractivity contribution in [2.24, 2.45) is 0 Å². The zero-order valence-corrected chi connectivity index (χ0v) is 14.7. The van der Waals surface area contributed by atoms with Gasteiger partial charge in [-0.3, -0.25) is 9.20 Å². The van der Waals surface area contributed by atoms with Crippen molar-refractivity contribution in [3.8, 4) is 11.4 Å². The molecule has 0 bridgehead atoms. The van der Waals surface area contributed by atoms with Gasteiger partial charge in [0, 0.05) is 30.2 Å². The number of carbonyl (C=O) groups is 1. The molecule has 1 saturated heterocycles. The third kappa shape index (κ3) is 2.58. The SMILES string of the molecule is O=C(c1cn2c(-c3ccc(F)cc3)ncc2c2ccccc12)N1CCCC1. The van der Waals surface area contributed by atoms with Crippen LogP contribution < -0.4 is 0 Å². The van der Waals surface area contributed by atoms with Gasteiger partial charge >= 0.3 is 0 Å². The van der Waals surface area contributed by atoms with Crippen molar-refractivity contribution in [2.75, 3.05) is 13.1 Å². The first-order valence-corrected chi connectivity index (χ1v) is 9.16. The lowest BCUT2D eigenvalue weighted by Gasteiger charge is -2.17. The van der Waals surface area contributed by atoms with Crippen LogP contribution in [0.1, 0.15) is 23.2 Å². The standard InChI is InChI=1S/C22H18FN3O/c23-16-9-7-15(8-10-16)21-24-13-20-18-6-2-1-5-17(18)19(14-26(20)21)22(27)25-11-3-4-12-25/h1-2,5-10,13-14H,3-4,11-12H2. The molecule has 0 N–H and O–H groups in total. The van der Waals surface area contributed by atoms with Gasteiger partial charge < -0.3 is 4.90 Å². The van der Waals surface area contributed by atoms with Crippen LogP contribution in [0.5, 0.6) is 0 Å². The topological polar surface area (TPSA) is 37.6 Å². The summed E-state index contributed by atoms with van der Waals surface area (Å²) in [6, 6.07) is 14.2. The zero-order valence-electron chi connectivity index (χ0n) is 14.7. The Morgan fingerprint density at radius 3 is 2.41 bits per heavy atom. The molecule has 0 radical (unpaired) electrons. The minimum absolute atomic E-state index is 0.0596. The highest BCUT2D eigenvalue weighted by molar-refractivity contribution is 6.11. The van der Waals surface area contributed by atoms with Gasteiger partial charge in [0.1, 0.15) is 11.6 Å². The van der Waals surface area contributed by atoms with E-state index in [1.807, 2.05) is 46.0 Å². The molecule has 5 heteroatoms. The predicted molar refractivity (Wildman–Crippen MR) is 103 cm³/mol. The highest BCUT2D eigenvalue weighted by Gasteiger charge is 2.23. The van der Waals surface area contributed by atoms with Crippen molar-refractivity contribution in [1.82, 2.24) is 14.3 Å². The molecule has 2 aromatic heterocycles. The average Bonchev–Trinajstić information content (AvgIpc) is 3.38. The Hall–Kier alpha value is -3.21. The van der Waals surface area contributed by atoms with E-state index in [1.165, 1.54) is 12.1 Å². The molecule has 1 fully saturated rings. The molecule has 1 amide bonds. The van der Waals surface area contributed by atoms with E-state index in [-0.39, 0.29) is 11.7 Å². The number of aromatic nitrogens is 2. The lowest BCUT2D eigenvalue weighted by Crippen LogP contribution is -2.28. The Kier molecular flexibility index (Phi) is 3.67. The summed E-state index contributed by atoms with van der Waals surface area (Å²) in [6.45, 7) is 1.61. The van der Waals surface area contributed by atoms with Crippen LogP contribution in [0.4, 0.5) is 4.39 Å². The third-order valence-electron chi connectivity index (χ3n) is 5.27. The van der Waals surface area contributed by atoms with Gasteiger partial charge in [-0.1, -0.05) is 24.3 Å². The number of pyridine rings is 1. The summed E-state index contributed by atoms with van der Waals surface area (Å²) in [5, 5.41) is 1.93. The summed E-state index contributed by atoms with van der Waals surface area (Å²) in [6.07, 6.45) is 5.80. The smallest absolute Gasteiger partial charge is 0.255 e. The first kappa shape index (κ1) is 16.0. The van der Waals surface area contributed by atoms with Crippen LogP contribution in [-0.2, 0) is 0 Å². The molecule has 1 aliphatic heterocycles. The molecule has 27 heavy (non-hydrogen) atoms. The first-order valence-electron chi connectivity index (χ1n) is 9.16. The van der Waals surface area contributed by atoms with Crippen LogP contribution in [0.15, 0.2) is 60.9 Å². The first-order chi connectivity index (χ1) is 13.2. The Bertz CT molecular complexity index is 1160. The number of benzene rings is 2. The monoisotopic (exact) mass is 359 g/mol. The van der Waals surface area contributed by atoms with E-state index in [4.69, 9.17) is 0 Å². The van der Waals surface area contributed by atoms with Gasteiger partial charge in [-0.15, -0.1) is 0 Å². The number of nitrogens with zero attached hydrogens (tertiary/aromatic N) is 3.